The predicted octanol–water partition coefficient (Wildman–Crippen LogP) is 2.43. The van der Waals surface area contributed by atoms with E-state index >= 15 is 0 Å². The van der Waals surface area contributed by atoms with Crippen molar-refractivity contribution in [3.63, 3.8) is 0 Å². The molecule has 0 radical (unpaired) electrons. The quantitative estimate of drug-likeness (QED) is 0.832. The first-order valence-electron chi connectivity index (χ1n) is 5.47. The van der Waals surface area contributed by atoms with Crippen molar-refractivity contribution in [2.75, 3.05) is 7.05 Å². The number of benzene rings is 1. The molecule has 0 aliphatic heterocycles. The Morgan fingerprint density at radius 1 is 1.31 bits per heavy atom. The Labute approximate surface area is 95.6 Å². The van der Waals surface area contributed by atoms with E-state index in [9.17, 15) is 0 Å². The lowest BCUT2D eigenvalue weighted by atomic mass is 9.89. The fourth-order valence-electron chi connectivity index (χ4n) is 1.78. The van der Waals surface area contributed by atoms with Crippen LogP contribution in [0.25, 0.3) is 11.0 Å². The molecule has 2 rings (SSSR count). The molecule has 0 saturated heterocycles. The summed E-state index contributed by atoms with van der Waals surface area (Å²) in [6, 6.07) is 7.86. The molecule has 1 aromatic heterocycles. The Bertz CT molecular complexity index is 487. The van der Waals surface area contributed by atoms with Crippen LogP contribution in [0.4, 0.5) is 0 Å². The van der Waals surface area contributed by atoms with Crippen LogP contribution in [0.1, 0.15) is 25.5 Å². The van der Waals surface area contributed by atoms with Crippen molar-refractivity contribution in [2.45, 2.75) is 25.4 Å². The third-order valence-electron chi connectivity index (χ3n) is 3.27. The van der Waals surface area contributed by atoms with Crippen molar-refractivity contribution in [1.29, 1.82) is 0 Å². The third-order valence-corrected chi connectivity index (χ3v) is 3.27. The van der Waals surface area contributed by atoms with E-state index in [1.165, 1.54) is 0 Å². The summed E-state index contributed by atoms with van der Waals surface area (Å²) in [6.45, 7) is 4.17. The molecule has 0 fully saturated rings. The van der Waals surface area contributed by atoms with E-state index in [1.807, 2.05) is 31.3 Å². The maximum atomic E-state index is 6.27. The van der Waals surface area contributed by atoms with E-state index < -0.39 is 0 Å². The van der Waals surface area contributed by atoms with Crippen molar-refractivity contribution in [3.05, 3.63) is 36.1 Å². The molecule has 0 saturated carbocycles. The highest BCUT2D eigenvalue weighted by molar-refractivity contribution is 5.81. The Kier molecular flexibility index (Phi) is 2.74. The molecule has 3 heteroatoms. The van der Waals surface area contributed by atoms with Crippen molar-refractivity contribution in [2.24, 2.45) is 5.73 Å². The molecule has 1 atom stereocenters. The topological polar surface area (TPSA) is 51.2 Å². The number of hydrogen-bond acceptors (Lipinski definition) is 3. The van der Waals surface area contributed by atoms with Crippen LogP contribution in [0.3, 0.4) is 0 Å². The standard InChI is InChI=1S/C13H18N2O/c1-13(2,15-3)12(14)10-8-16-11-7-5-4-6-9(10)11/h4-8,12,15H,14H2,1-3H3. The predicted molar refractivity (Wildman–Crippen MR) is 66.3 cm³/mol. The molecule has 2 aromatic rings. The zero-order valence-corrected chi connectivity index (χ0v) is 9.95. The molecular formula is C13H18N2O. The van der Waals surface area contributed by atoms with Gasteiger partial charge in [-0.2, -0.15) is 0 Å². The van der Waals surface area contributed by atoms with Crippen LogP contribution in [0.5, 0.6) is 0 Å². The highest BCUT2D eigenvalue weighted by Crippen LogP contribution is 2.30. The normalized spacial score (nSPS) is 14.2. The lowest BCUT2D eigenvalue weighted by Crippen LogP contribution is -2.46. The summed E-state index contributed by atoms with van der Waals surface area (Å²) in [7, 11) is 1.92. The summed E-state index contributed by atoms with van der Waals surface area (Å²) >= 11 is 0. The second-order valence-corrected chi connectivity index (χ2v) is 4.64. The molecule has 1 unspecified atom stereocenters. The van der Waals surface area contributed by atoms with Gasteiger partial charge < -0.3 is 15.5 Å². The summed E-state index contributed by atoms with van der Waals surface area (Å²) in [6.07, 6.45) is 1.76. The maximum absolute atomic E-state index is 6.27. The van der Waals surface area contributed by atoms with E-state index in [4.69, 9.17) is 10.2 Å². The number of rotatable bonds is 3. The Balaban J connectivity index is 2.48. The number of nitrogens with one attached hydrogen (secondary N) is 1. The highest BCUT2D eigenvalue weighted by Gasteiger charge is 2.28. The fraction of sp³-hybridized carbons (Fsp3) is 0.385. The summed E-state index contributed by atoms with van der Waals surface area (Å²) < 4.78 is 5.50. The van der Waals surface area contributed by atoms with Crippen molar-refractivity contribution >= 4 is 11.0 Å². The summed E-state index contributed by atoms with van der Waals surface area (Å²) in [5.41, 5.74) is 8.05. The van der Waals surface area contributed by atoms with Crippen LogP contribution in [0.15, 0.2) is 34.9 Å². The van der Waals surface area contributed by atoms with Crippen molar-refractivity contribution in [3.8, 4) is 0 Å². The van der Waals surface area contributed by atoms with Gasteiger partial charge >= 0.3 is 0 Å². The molecule has 0 amide bonds. The molecular weight excluding hydrogens is 200 g/mol. The molecule has 3 N–H and O–H groups in total. The average Bonchev–Trinajstić information content (AvgIpc) is 2.71. The Morgan fingerprint density at radius 3 is 2.69 bits per heavy atom. The number of likely N-dealkylation sites (N-methyl/N-ethyl adjacent to an activating group) is 1. The monoisotopic (exact) mass is 218 g/mol. The van der Waals surface area contributed by atoms with Crippen LogP contribution in [-0.2, 0) is 0 Å². The van der Waals surface area contributed by atoms with Gasteiger partial charge in [-0.1, -0.05) is 18.2 Å². The van der Waals surface area contributed by atoms with Gasteiger partial charge in [-0.15, -0.1) is 0 Å². The van der Waals surface area contributed by atoms with Crippen molar-refractivity contribution in [1.82, 2.24) is 5.32 Å². The van der Waals surface area contributed by atoms with Gasteiger partial charge in [0.05, 0.1) is 12.3 Å². The van der Waals surface area contributed by atoms with E-state index in [0.717, 1.165) is 16.5 Å². The third kappa shape index (κ3) is 1.72. The lowest BCUT2D eigenvalue weighted by molar-refractivity contribution is 0.348. The summed E-state index contributed by atoms with van der Waals surface area (Å²) in [5, 5.41) is 4.32. The summed E-state index contributed by atoms with van der Waals surface area (Å²) in [4.78, 5) is 0. The molecule has 16 heavy (non-hydrogen) atoms. The van der Waals surface area contributed by atoms with Gasteiger partial charge in [-0.05, 0) is 27.0 Å². The van der Waals surface area contributed by atoms with Crippen LogP contribution in [0.2, 0.25) is 0 Å². The average molecular weight is 218 g/mol. The smallest absolute Gasteiger partial charge is 0.134 e. The largest absolute Gasteiger partial charge is 0.464 e. The number of furan rings is 1. The molecule has 0 aliphatic rings. The van der Waals surface area contributed by atoms with Gasteiger partial charge in [0.1, 0.15) is 5.58 Å². The van der Waals surface area contributed by atoms with Gasteiger partial charge in [0.15, 0.2) is 0 Å². The molecule has 0 bridgehead atoms. The number of fused-ring (bicyclic) bond motifs is 1. The second kappa shape index (κ2) is 3.92. The molecule has 86 valence electrons. The minimum atomic E-state index is -0.160. The molecule has 1 aromatic carbocycles. The lowest BCUT2D eigenvalue weighted by Gasteiger charge is -2.30. The van der Waals surface area contributed by atoms with Gasteiger partial charge in [-0.3, -0.25) is 0 Å². The fourth-order valence-corrected chi connectivity index (χ4v) is 1.78. The first kappa shape index (κ1) is 11.2. The van der Waals surface area contributed by atoms with Gasteiger partial charge in [0.2, 0.25) is 0 Å². The van der Waals surface area contributed by atoms with Crippen LogP contribution >= 0.6 is 0 Å². The summed E-state index contributed by atoms with van der Waals surface area (Å²) in [5.74, 6) is 0. The SMILES string of the molecule is CNC(C)(C)C(N)c1coc2ccccc12. The highest BCUT2D eigenvalue weighted by atomic mass is 16.3. The molecule has 0 spiro atoms. The first-order valence-corrected chi connectivity index (χ1v) is 5.47. The molecule has 0 aliphatic carbocycles. The van der Waals surface area contributed by atoms with Gasteiger partial charge in [-0.25, -0.2) is 0 Å². The van der Waals surface area contributed by atoms with Gasteiger partial charge in [0, 0.05) is 16.5 Å². The first-order chi connectivity index (χ1) is 7.56. The van der Waals surface area contributed by atoms with Crippen LogP contribution < -0.4 is 11.1 Å². The molecule has 1 heterocycles. The van der Waals surface area contributed by atoms with E-state index in [2.05, 4.69) is 19.2 Å². The second-order valence-electron chi connectivity index (χ2n) is 4.64. The van der Waals surface area contributed by atoms with E-state index in [0.29, 0.717) is 0 Å². The molecule has 3 nitrogen and oxygen atoms in total. The van der Waals surface area contributed by atoms with Crippen LogP contribution in [0, 0.1) is 0 Å². The minimum absolute atomic E-state index is 0.0962. The van der Waals surface area contributed by atoms with Gasteiger partial charge in [0.25, 0.3) is 0 Å². The minimum Gasteiger partial charge on any atom is -0.464 e. The number of hydrogen-bond donors (Lipinski definition) is 2. The zero-order valence-electron chi connectivity index (χ0n) is 9.95. The van der Waals surface area contributed by atoms with E-state index in [-0.39, 0.29) is 11.6 Å². The van der Waals surface area contributed by atoms with E-state index in [1.54, 1.807) is 6.26 Å². The van der Waals surface area contributed by atoms with Crippen molar-refractivity contribution < 1.29 is 4.42 Å². The number of nitrogens with two attached hydrogens (primary N) is 1. The van der Waals surface area contributed by atoms with Crippen LogP contribution in [-0.4, -0.2) is 12.6 Å². The zero-order chi connectivity index (χ0) is 11.8. The Morgan fingerprint density at radius 2 is 2.00 bits per heavy atom. The number of para-hydroxylation sites is 1. The maximum Gasteiger partial charge on any atom is 0.134 e. The Hall–Kier alpha value is -1.32.